The lowest BCUT2D eigenvalue weighted by Gasteiger charge is -2.28. The lowest BCUT2D eigenvalue weighted by atomic mass is 9.92. The molecule has 20 aromatic rings. The van der Waals surface area contributed by atoms with Gasteiger partial charge in [0.05, 0.1) is 27.8 Å². The number of hydrogen-bond donors (Lipinski definition) is 0. The quantitative estimate of drug-likeness (QED) is 0.108. The highest BCUT2D eigenvalue weighted by Crippen LogP contribution is 2.47. The summed E-state index contributed by atoms with van der Waals surface area (Å²) in [7, 11) is 0. The van der Waals surface area contributed by atoms with Crippen LogP contribution < -0.4 is 9.80 Å². The van der Waals surface area contributed by atoms with Gasteiger partial charge in [0.1, 0.15) is 0 Å². The average Bonchev–Trinajstić information content (AvgIpc) is 1.57. The Hall–Kier alpha value is -14.1. The van der Waals surface area contributed by atoms with E-state index in [2.05, 4.69) is 431 Å². The number of aromatic nitrogens is 2. The van der Waals surface area contributed by atoms with E-state index < -0.39 is 0 Å². The zero-order valence-corrected chi connectivity index (χ0v) is 58.0. The first-order valence-corrected chi connectivity index (χ1v) is 36.5. The molecule has 0 bridgehead atoms. The van der Waals surface area contributed by atoms with Crippen molar-refractivity contribution < 1.29 is 0 Å². The molecule has 2 heterocycles. The Morgan fingerprint density at radius 1 is 0.170 bits per heavy atom. The first-order chi connectivity index (χ1) is 52.6. The van der Waals surface area contributed by atoms with Crippen molar-refractivity contribution in [1.29, 1.82) is 0 Å². The Bertz CT molecular complexity index is 6680. The van der Waals surface area contributed by atoms with E-state index in [1.54, 1.807) is 0 Å². The molecule has 0 aliphatic carbocycles. The Balaban J connectivity index is 0.640. The number of rotatable bonds is 14. The number of anilines is 6. The van der Waals surface area contributed by atoms with E-state index >= 15 is 0 Å². The molecule has 0 saturated heterocycles. The van der Waals surface area contributed by atoms with Crippen molar-refractivity contribution in [3.63, 3.8) is 0 Å². The van der Waals surface area contributed by atoms with Gasteiger partial charge in [-0.15, -0.1) is 0 Å². The van der Waals surface area contributed by atoms with Crippen LogP contribution in [0.15, 0.2) is 413 Å². The maximum atomic E-state index is 2.45. The molecule has 0 spiro atoms. The lowest BCUT2D eigenvalue weighted by Crippen LogP contribution is -2.11. The molecule has 0 aliphatic heterocycles. The van der Waals surface area contributed by atoms with Gasteiger partial charge in [0, 0.05) is 66.9 Å². The highest BCUT2D eigenvalue weighted by molar-refractivity contribution is 6.23. The minimum absolute atomic E-state index is 1.08. The van der Waals surface area contributed by atoms with Crippen molar-refractivity contribution in [1.82, 2.24) is 9.13 Å². The van der Waals surface area contributed by atoms with Gasteiger partial charge in [0.2, 0.25) is 0 Å². The van der Waals surface area contributed by atoms with Gasteiger partial charge in [-0.3, -0.25) is 0 Å². The minimum Gasteiger partial charge on any atom is -0.310 e. The number of fused-ring (bicyclic) bond motifs is 11. The topological polar surface area (TPSA) is 16.3 Å². The van der Waals surface area contributed by atoms with Gasteiger partial charge < -0.3 is 18.9 Å². The fourth-order valence-corrected chi connectivity index (χ4v) is 16.5. The molecule has 0 aliphatic rings. The smallest absolute Gasteiger partial charge is 0.0547 e. The highest BCUT2D eigenvalue weighted by atomic mass is 15.1. The van der Waals surface area contributed by atoms with Crippen LogP contribution >= 0.6 is 0 Å². The predicted molar refractivity (Wildman–Crippen MR) is 450 cm³/mol. The summed E-state index contributed by atoms with van der Waals surface area (Å²) in [6.07, 6.45) is 0. The van der Waals surface area contributed by atoms with Gasteiger partial charge in [0.15, 0.2) is 0 Å². The maximum Gasteiger partial charge on any atom is 0.0547 e. The Kier molecular flexibility index (Phi) is 15.2. The van der Waals surface area contributed by atoms with Crippen LogP contribution in [-0.2, 0) is 0 Å². The van der Waals surface area contributed by atoms with Crippen molar-refractivity contribution in [3.8, 4) is 78.1 Å². The normalized spacial score (nSPS) is 11.6. The number of nitrogens with zero attached hydrogens (tertiary/aromatic N) is 4. The summed E-state index contributed by atoms with van der Waals surface area (Å²) in [6.45, 7) is 0. The molecule has 0 saturated carbocycles. The Morgan fingerprint density at radius 2 is 0.519 bits per heavy atom. The third-order valence-corrected chi connectivity index (χ3v) is 21.5. The molecule has 106 heavy (non-hydrogen) atoms. The molecule has 4 nitrogen and oxygen atoms in total. The first-order valence-electron chi connectivity index (χ1n) is 36.5. The summed E-state index contributed by atoms with van der Waals surface area (Å²) in [5, 5.41) is 12.1. The van der Waals surface area contributed by atoms with E-state index in [1.807, 2.05) is 0 Å². The second-order valence-corrected chi connectivity index (χ2v) is 27.5. The second-order valence-electron chi connectivity index (χ2n) is 27.5. The van der Waals surface area contributed by atoms with Crippen molar-refractivity contribution in [2.24, 2.45) is 0 Å². The van der Waals surface area contributed by atoms with E-state index in [1.165, 1.54) is 109 Å². The van der Waals surface area contributed by atoms with Crippen LogP contribution in [0.4, 0.5) is 34.1 Å². The first kappa shape index (κ1) is 61.8. The molecule has 0 unspecified atom stereocenters. The molecule has 0 radical (unpaired) electrons. The van der Waals surface area contributed by atoms with Crippen molar-refractivity contribution in [3.05, 3.63) is 413 Å². The molecule has 0 N–H and O–H groups in total. The van der Waals surface area contributed by atoms with E-state index in [-0.39, 0.29) is 0 Å². The van der Waals surface area contributed by atoms with Crippen LogP contribution in [0.25, 0.3) is 154 Å². The molecule has 0 fully saturated rings. The SMILES string of the molecule is c1ccc(-c2ccc(-c3ccc(N(c4ccc5ccc6c(c5c4)c4ccccc4n6-c4ccc(-c5ccc(-c6ccc(N(c7ccc(-c8ccccc8)cc7)c7ccc8c(ccc9c8c8ccccc8n9-c8ccccc8)c7)cc6)c6ccccc56)cc4)c4ccccc4-c4ccccc4)cc3)cc2)cc1. The number of benzene rings is 18. The summed E-state index contributed by atoms with van der Waals surface area (Å²) >= 11 is 0. The van der Waals surface area contributed by atoms with Gasteiger partial charge in [-0.25, -0.2) is 0 Å². The molecule has 0 atom stereocenters. The Morgan fingerprint density at radius 3 is 1.06 bits per heavy atom. The zero-order chi connectivity index (χ0) is 70.0. The molecular formula is C102H68N4. The second kappa shape index (κ2) is 26.1. The summed E-state index contributed by atoms with van der Waals surface area (Å²) in [5.74, 6) is 0. The predicted octanol–water partition coefficient (Wildman–Crippen LogP) is 28.3. The van der Waals surface area contributed by atoms with Crippen LogP contribution in [0.1, 0.15) is 0 Å². The number of para-hydroxylation sites is 4. The summed E-state index contributed by atoms with van der Waals surface area (Å²) in [4.78, 5) is 4.83. The van der Waals surface area contributed by atoms with Gasteiger partial charge in [-0.1, -0.05) is 297 Å². The molecular weight excluding hydrogens is 1280 g/mol. The van der Waals surface area contributed by atoms with E-state index in [0.717, 1.165) is 78.8 Å². The summed E-state index contributed by atoms with van der Waals surface area (Å²) < 4.78 is 4.84. The van der Waals surface area contributed by atoms with Gasteiger partial charge >= 0.3 is 0 Å². The van der Waals surface area contributed by atoms with Crippen LogP contribution in [0.3, 0.4) is 0 Å². The minimum atomic E-state index is 1.08. The summed E-state index contributed by atoms with van der Waals surface area (Å²) in [5.41, 5.74) is 27.6. The molecule has 18 aromatic carbocycles. The fraction of sp³-hybridized carbons (Fsp3) is 0. The Labute approximate surface area is 615 Å². The lowest BCUT2D eigenvalue weighted by molar-refractivity contribution is 1.18. The van der Waals surface area contributed by atoms with Crippen molar-refractivity contribution >= 4 is 110 Å². The number of hydrogen-bond acceptors (Lipinski definition) is 2. The van der Waals surface area contributed by atoms with E-state index in [9.17, 15) is 0 Å². The maximum absolute atomic E-state index is 2.45. The van der Waals surface area contributed by atoms with Gasteiger partial charge in [-0.05, 0) is 209 Å². The molecule has 2 aromatic heterocycles. The van der Waals surface area contributed by atoms with Crippen LogP contribution in [0.2, 0.25) is 0 Å². The van der Waals surface area contributed by atoms with Crippen LogP contribution in [0, 0.1) is 0 Å². The molecule has 496 valence electrons. The zero-order valence-electron chi connectivity index (χ0n) is 58.0. The van der Waals surface area contributed by atoms with Gasteiger partial charge in [0.25, 0.3) is 0 Å². The monoisotopic (exact) mass is 1350 g/mol. The largest absolute Gasteiger partial charge is 0.310 e. The standard InChI is InChI=1S/C102H68N4/c1-5-21-69(22-6-1)71-37-39-72(40-38-71)74-43-54-83(55-44-74)104(96-34-18-15-29-89(96)75-25-9-3-10-26-75)86-60-49-78-50-65-100-102(95(78)68-86)94-33-17-20-36-98(94)106(100)84-58-47-77(48-59-84)88-64-63-87(91-30-13-14-31-92(88)91)76-45-56-82(57-46-76)103(81-52-41-73(42-53-81)70-23-7-2-8-24-70)85-61-62-90-79(67-85)51-66-99-101(90)93-32-16-19-35-97(93)105(99)80-27-11-4-12-28-80/h1-68H. The van der Waals surface area contributed by atoms with Gasteiger partial charge in [-0.2, -0.15) is 0 Å². The summed E-state index contributed by atoms with van der Waals surface area (Å²) in [6, 6.07) is 151. The molecule has 4 heteroatoms. The van der Waals surface area contributed by atoms with Crippen LogP contribution in [-0.4, -0.2) is 9.13 Å². The molecule has 20 rings (SSSR count). The fourth-order valence-electron chi connectivity index (χ4n) is 16.5. The van der Waals surface area contributed by atoms with E-state index in [4.69, 9.17) is 0 Å². The third-order valence-electron chi connectivity index (χ3n) is 21.5. The molecule has 0 amide bonds. The highest BCUT2D eigenvalue weighted by Gasteiger charge is 2.23. The average molecular weight is 1350 g/mol. The van der Waals surface area contributed by atoms with Crippen molar-refractivity contribution in [2.75, 3.05) is 9.80 Å². The van der Waals surface area contributed by atoms with Crippen LogP contribution in [0.5, 0.6) is 0 Å². The van der Waals surface area contributed by atoms with Crippen molar-refractivity contribution in [2.45, 2.75) is 0 Å². The third kappa shape index (κ3) is 10.8. The van der Waals surface area contributed by atoms with E-state index in [0.29, 0.717) is 0 Å².